The zero-order valence-corrected chi connectivity index (χ0v) is 19.7. The van der Waals surface area contributed by atoms with Gasteiger partial charge in [0.2, 0.25) is 5.91 Å². The maximum absolute atomic E-state index is 13.3. The van der Waals surface area contributed by atoms with Crippen molar-refractivity contribution >= 4 is 29.0 Å². The summed E-state index contributed by atoms with van der Waals surface area (Å²) in [4.78, 5) is 41.2. The number of thioether (sulfide) groups is 1. The molecule has 3 amide bonds. The first-order chi connectivity index (χ1) is 14.6. The van der Waals surface area contributed by atoms with E-state index in [2.05, 4.69) is 5.32 Å². The fourth-order valence-electron chi connectivity index (χ4n) is 3.90. The van der Waals surface area contributed by atoms with Gasteiger partial charge in [-0.2, -0.15) is 0 Å². The van der Waals surface area contributed by atoms with Gasteiger partial charge in [-0.15, -0.1) is 0 Å². The second kappa shape index (κ2) is 9.94. The molecule has 0 bridgehead atoms. The standard InChI is InChI=1S/C23H33N3O4S/c1-16-7-9-17(10-8-16)14-26-19(15-31-22(26)29)20(27)25-11-5-6-18(13-25)12-24-21(28)30-23(2,3)4/h7-10,18-19H,5-6,11-15H2,1-4H3,(H,24,28)/t18-,19-/m0/s1. The molecule has 1 aromatic rings. The van der Waals surface area contributed by atoms with Crippen LogP contribution in [0.3, 0.4) is 0 Å². The van der Waals surface area contributed by atoms with Crippen LogP contribution in [0.15, 0.2) is 24.3 Å². The van der Waals surface area contributed by atoms with Gasteiger partial charge >= 0.3 is 6.09 Å². The Morgan fingerprint density at radius 1 is 1.23 bits per heavy atom. The number of alkyl carbamates (subject to hydrolysis) is 1. The highest BCUT2D eigenvalue weighted by molar-refractivity contribution is 8.13. The maximum atomic E-state index is 13.3. The molecular weight excluding hydrogens is 414 g/mol. The van der Waals surface area contributed by atoms with E-state index in [0.717, 1.165) is 24.0 Å². The van der Waals surface area contributed by atoms with Gasteiger partial charge in [-0.05, 0) is 52.0 Å². The Balaban J connectivity index is 1.57. The fraction of sp³-hybridized carbons (Fsp3) is 0.609. The monoisotopic (exact) mass is 447 g/mol. The van der Waals surface area contributed by atoms with Crippen LogP contribution in [0.2, 0.25) is 0 Å². The van der Waals surface area contributed by atoms with Gasteiger partial charge in [0.1, 0.15) is 11.6 Å². The Labute approximate surface area is 188 Å². The Morgan fingerprint density at radius 3 is 2.61 bits per heavy atom. The maximum Gasteiger partial charge on any atom is 0.407 e. The molecule has 2 heterocycles. The van der Waals surface area contributed by atoms with Crippen molar-refractivity contribution in [1.82, 2.24) is 15.1 Å². The van der Waals surface area contributed by atoms with Crippen LogP contribution in [0.5, 0.6) is 0 Å². The van der Waals surface area contributed by atoms with Crippen molar-refractivity contribution < 1.29 is 19.1 Å². The van der Waals surface area contributed by atoms with E-state index in [1.165, 1.54) is 11.8 Å². The Bertz CT molecular complexity index is 806. The minimum atomic E-state index is -0.535. The molecule has 0 saturated carbocycles. The second-order valence-corrected chi connectivity index (χ2v) is 10.4. The van der Waals surface area contributed by atoms with Gasteiger partial charge in [-0.25, -0.2) is 4.79 Å². The van der Waals surface area contributed by atoms with Gasteiger partial charge in [-0.3, -0.25) is 9.59 Å². The molecule has 170 valence electrons. The molecule has 0 aliphatic carbocycles. The van der Waals surface area contributed by atoms with Crippen molar-refractivity contribution in [1.29, 1.82) is 0 Å². The van der Waals surface area contributed by atoms with Crippen LogP contribution >= 0.6 is 11.8 Å². The number of carbonyl (C=O) groups excluding carboxylic acids is 3. The number of benzene rings is 1. The molecule has 0 radical (unpaired) electrons. The van der Waals surface area contributed by atoms with Crippen molar-refractivity contribution in [3.8, 4) is 0 Å². The minimum Gasteiger partial charge on any atom is -0.444 e. The summed E-state index contributed by atoms with van der Waals surface area (Å²) in [6.07, 6.45) is 1.40. The second-order valence-electron chi connectivity index (χ2n) is 9.38. The lowest BCUT2D eigenvalue weighted by molar-refractivity contribution is -0.136. The van der Waals surface area contributed by atoms with Crippen LogP contribution in [0.4, 0.5) is 9.59 Å². The third-order valence-corrected chi connectivity index (χ3v) is 6.46. The number of carbonyl (C=O) groups is 3. The number of amides is 3. The first-order valence-corrected chi connectivity index (χ1v) is 11.9. The molecular formula is C23H33N3O4S. The molecule has 2 aliphatic heterocycles. The quantitative estimate of drug-likeness (QED) is 0.743. The molecule has 7 nitrogen and oxygen atoms in total. The lowest BCUT2D eigenvalue weighted by Gasteiger charge is -2.36. The molecule has 2 saturated heterocycles. The normalized spacial score (nSPS) is 21.9. The van der Waals surface area contributed by atoms with Crippen LogP contribution in [0.1, 0.15) is 44.7 Å². The molecule has 1 N–H and O–H groups in total. The number of likely N-dealkylation sites (tertiary alicyclic amines) is 1. The molecule has 31 heavy (non-hydrogen) atoms. The third-order valence-electron chi connectivity index (χ3n) is 5.50. The highest BCUT2D eigenvalue weighted by Crippen LogP contribution is 2.28. The smallest absolute Gasteiger partial charge is 0.407 e. The molecule has 3 rings (SSSR count). The largest absolute Gasteiger partial charge is 0.444 e. The summed E-state index contributed by atoms with van der Waals surface area (Å²) in [6.45, 7) is 9.71. The van der Waals surface area contributed by atoms with Crippen molar-refractivity contribution in [2.24, 2.45) is 5.92 Å². The molecule has 1 aromatic carbocycles. The minimum absolute atomic E-state index is 0.00688. The van der Waals surface area contributed by atoms with E-state index in [4.69, 9.17) is 4.74 Å². The Morgan fingerprint density at radius 2 is 1.94 bits per heavy atom. The number of hydrogen-bond acceptors (Lipinski definition) is 5. The van der Waals surface area contributed by atoms with Crippen LogP contribution in [-0.2, 0) is 16.1 Å². The lowest BCUT2D eigenvalue weighted by atomic mass is 9.97. The van der Waals surface area contributed by atoms with E-state index >= 15 is 0 Å². The van der Waals surface area contributed by atoms with Gasteiger partial charge in [0, 0.05) is 31.9 Å². The fourth-order valence-corrected chi connectivity index (χ4v) is 4.88. The van der Waals surface area contributed by atoms with Crippen LogP contribution < -0.4 is 5.32 Å². The topological polar surface area (TPSA) is 79.0 Å². The predicted octanol–water partition coefficient (Wildman–Crippen LogP) is 3.80. The van der Waals surface area contributed by atoms with Gasteiger partial charge in [0.15, 0.2) is 0 Å². The molecule has 0 aromatic heterocycles. The average molecular weight is 448 g/mol. The van der Waals surface area contributed by atoms with Crippen LogP contribution in [0.25, 0.3) is 0 Å². The van der Waals surface area contributed by atoms with Gasteiger partial charge in [-0.1, -0.05) is 41.6 Å². The number of rotatable bonds is 5. The van der Waals surface area contributed by atoms with Crippen molar-refractivity contribution in [2.75, 3.05) is 25.4 Å². The van der Waals surface area contributed by atoms with Crippen molar-refractivity contribution in [3.63, 3.8) is 0 Å². The van der Waals surface area contributed by atoms with E-state index in [9.17, 15) is 14.4 Å². The highest BCUT2D eigenvalue weighted by atomic mass is 32.2. The summed E-state index contributed by atoms with van der Waals surface area (Å²) in [6, 6.07) is 7.62. The summed E-state index contributed by atoms with van der Waals surface area (Å²) in [5.41, 5.74) is 1.65. The molecule has 8 heteroatoms. The first-order valence-electron chi connectivity index (χ1n) is 10.9. The Kier molecular flexibility index (Phi) is 7.51. The number of nitrogens with one attached hydrogen (secondary N) is 1. The van der Waals surface area contributed by atoms with Crippen molar-refractivity contribution in [3.05, 3.63) is 35.4 Å². The van der Waals surface area contributed by atoms with E-state index in [1.807, 2.05) is 56.9 Å². The zero-order valence-electron chi connectivity index (χ0n) is 18.8. The third kappa shape index (κ3) is 6.63. The summed E-state index contributed by atoms with van der Waals surface area (Å²) in [5, 5.41) is 2.78. The number of aryl methyl sites for hydroxylation is 1. The molecule has 2 aliphatic rings. The lowest BCUT2D eigenvalue weighted by Crippen LogP contribution is -2.51. The van der Waals surface area contributed by atoms with Crippen LogP contribution in [0, 0.1) is 12.8 Å². The predicted molar refractivity (Wildman–Crippen MR) is 122 cm³/mol. The van der Waals surface area contributed by atoms with Gasteiger partial charge in [0.25, 0.3) is 5.24 Å². The number of ether oxygens (including phenoxy) is 1. The SMILES string of the molecule is Cc1ccc(CN2C(=O)SC[C@H]2C(=O)N2CCC[C@@H](CNC(=O)OC(C)(C)C)C2)cc1. The summed E-state index contributed by atoms with van der Waals surface area (Å²) in [7, 11) is 0. The van der Waals surface area contributed by atoms with Gasteiger partial charge < -0.3 is 19.9 Å². The van der Waals surface area contributed by atoms with E-state index in [1.54, 1.807) is 4.90 Å². The van der Waals surface area contributed by atoms with E-state index in [-0.39, 0.29) is 17.1 Å². The number of piperidine rings is 1. The number of hydrogen-bond donors (Lipinski definition) is 1. The highest BCUT2D eigenvalue weighted by Gasteiger charge is 2.40. The van der Waals surface area contributed by atoms with E-state index in [0.29, 0.717) is 31.9 Å². The summed E-state index contributed by atoms with van der Waals surface area (Å²) in [5.74, 6) is 0.675. The average Bonchev–Trinajstić information content (AvgIpc) is 3.07. The first kappa shape index (κ1) is 23.4. The van der Waals surface area contributed by atoms with Crippen LogP contribution in [-0.4, -0.2) is 64.1 Å². The molecule has 0 spiro atoms. The number of nitrogens with zero attached hydrogens (tertiary/aromatic N) is 2. The molecule has 2 fully saturated rings. The summed E-state index contributed by atoms with van der Waals surface area (Å²) < 4.78 is 5.30. The molecule has 0 unspecified atom stereocenters. The van der Waals surface area contributed by atoms with Crippen molar-refractivity contribution in [2.45, 2.75) is 58.7 Å². The zero-order chi connectivity index (χ0) is 22.6. The molecule has 2 atom stereocenters. The Hall–Kier alpha value is -2.22. The van der Waals surface area contributed by atoms with E-state index < -0.39 is 17.7 Å². The summed E-state index contributed by atoms with van der Waals surface area (Å²) >= 11 is 1.21. The van der Waals surface area contributed by atoms with Gasteiger partial charge in [0.05, 0.1) is 0 Å².